The summed E-state index contributed by atoms with van der Waals surface area (Å²) in [6, 6.07) is 10.5. The van der Waals surface area contributed by atoms with Gasteiger partial charge in [-0.15, -0.1) is 0 Å². The van der Waals surface area contributed by atoms with Crippen LogP contribution >= 0.6 is 12.2 Å². The first-order valence-electron chi connectivity index (χ1n) is 6.30. The van der Waals surface area contributed by atoms with Crippen LogP contribution in [-0.2, 0) is 4.79 Å². The molecule has 2 aromatic rings. The van der Waals surface area contributed by atoms with Crippen molar-refractivity contribution in [3.05, 3.63) is 53.9 Å². The first kappa shape index (κ1) is 14.9. The fourth-order valence-corrected chi connectivity index (χ4v) is 1.82. The molecule has 0 aliphatic carbocycles. The number of carbonyl (C=O) groups is 1. The number of aromatic nitrogens is 1. The van der Waals surface area contributed by atoms with Crippen molar-refractivity contribution in [3.63, 3.8) is 0 Å². The lowest BCUT2D eigenvalue weighted by atomic mass is 10.2. The van der Waals surface area contributed by atoms with Gasteiger partial charge >= 0.3 is 0 Å². The zero-order valence-electron chi connectivity index (χ0n) is 11.5. The maximum Gasteiger partial charge on any atom is 0.262 e. The van der Waals surface area contributed by atoms with Gasteiger partial charge in [-0.3, -0.25) is 9.78 Å². The van der Waals surface area contributed by atoms with E-state index >= 15 is 0 Å². The Balaban J connectivity index is 1.87. The Morgan fingerprint density at radius 1 is 1.33 bits per heavy atom. The van der Waals surface area contributed by atoms with Gasteiger partial charge in [0.05, 0.1) is 0 Å². The summed E-state index contributed by atoms with van der Waals surface area (Å²) in [5.41, 5.74) is 7.79. The predicted molar refractivity (Wildman–Crippen MR) is 85.4 cm³/mol. The van der Waals surface area contributed by atoms with Crippen molar-refractivity contribution in [1.82, 2.24) is 4.98 Å². The van der Waals surface area contributed by atoms with Gasteiger partial charge in [-0.25, -0.2) is 0 Å². The second kappa shape index (κ2) is 6.81. The molecule has 1 aromatic carbocycles. The van der Waals surface area contributed by atoms with Crippen molar-refractivity contribution in [2.24, 2.45) is 5.73 Å². The summed E-state index contributed by atoms with van der Waals surface area (Å²) >= 11 is 4.86. The van der Waals surface area contributed by atoms with Crippen LogP contribution < -0.4 is 15.8 Å². The van der Waals surface area contributed by atoms with Gasteiger partial charge in [-0.05, 0) is 43.3 Å². The van der Waals surface area contributed by atoms with E-state index in [1.807, 2.05) is 6.92 Å². The molecule has 108 valence electrons. The molecule has 2 rings (SSSR count). The third kappa shape index (κ3) is 4.54. The van der Waals surface area contributed by atoms with E-state index in [0.29, 0.717) is 16.4 Å². The average molecular weight is 301 g/mol. The zero-order chi connectivity index (χ0) is 15.2. The highest BCUT2D eigenvalue weighted by Crippen LogP contribution is 2.12. The van der Waals surface area contributed by atoms with Crippen molar-refractivity contribution in [1.29, 1.82) is 0 Å². The number of benzene rings is 1. The molecule has 1 aromatic heterocycles. The lowest BCUT2D eigenvalue weighted by Gasteiger charge is -2.08. The van der Waals surface area contributed by atoms with Crippen LogP contribution in [0.2, 0.25) is 0 Å². The summed E-state index contributed by atoms with van der Waals surface area (Å²) in [5, 5.41) is 2.74. The molecule has 1 heterocycles. The van der Waals surface area contributed by atoms with E-state index in [1.54, 1.807) is 42.6 Å². The summed E-state index contributed by atoms with van der Waals surface area (Å²) in [6.07, 6.45) is 1.64. The summed E-state index contributed by atoms with van der Waals surface area (Å²) in [6.45, 7) is 1.78. The Morgan fingerprint density at radius 2 is 2.05 bits per heavy atom. The molecule has 1 amide bonds. The number of nitrogens with one attached hydrogen (secondary N) is 1. The largest absolute Gasteiger partial charge is 0.484 e. The fraction of sp³-hybridized carbons (Fsp3) is 0.133. The Morgan fingerprint density at radius 3 is 2.67 bits per heavy atom. The highest BCUT2D eigenvalue weighted by molar-refractivity contribution is 7.80. The van der Waals surface area contributed by atoms with Gasteiger partial charge in [0.15, 0.2) is 6.61 Å². The van der Waals surface area contributed by atoms with E-state index in [0.717, 1.165) is 11.3 Å². The maximum atomic E-state index is 11.8. The Hall–Kier alpha value is -2.47. The number of hydrogen-bond donors (Lipinski definition) is 2. The smallest absolute Gasteiger partial charge is 0.262 e. The SMILES string of the molecule is Cc1cc(NC(=O)COc2ccc(C(N)=S)cc2)ccn1. The highest BCUT2D eigenvalue weighted by Gasteiger charge is 2.04. The van der Waals surface area contributed by atoms with Crippen LogP contribution in [0.1, 0.15) is 11.3 Å². The number of ether oxygens (including phenoxy) is 1. The summed E-state index contributed by atoms with van der Waals surface area (Å²) in [5.74, 6) is 0.343. The van der Waals surface area contributed by atoms with Gasteiger partial charge in [-0.1, -0.05) is 12.2 Å². The van der Waals surface area contributed by atoms with E-state index < -0.39 is 0 Å². The van der Waals surface area contributed by atoms with E-state index in [-0.39, 0.29) is 12.5 Å². The first-order valence-corrected chi connectivity index (χ1v) is 6.70. The Bertz CT molecular complexity index is 656. The minimum absolute atomic E-state index is 0.0756. The molecular weight excluding hydrogens is 286 g/mol. The van der Waals surface area contributed by atoms with Crippen LogP contribution in [-0.4, -0.2) is 22.5 Å². The van der Waals surface area contributed by atoms with Gasteiger partial charge in [-0.2, -0.15) is 0 Å². The van der Waals surface area contributed by atoms with Crippen LogP contribution in [0.4, 0.5) is 5.69 Å². The molecule has 21 heavy (non-hydrogen) atoms. The number of pyridine rings is 1. The number of aryl methyl sites for hydroxylation is 1. The molecule has 0 unspecified atom stereocenters. The molecule has 0 aliphatic heterocycles. The number of carbonyl (C=O) groups excluding carboxylic acids is 1. The van der Waals surface area contributed by atoms with Crippen molar-refractivity contribution < 1.29 is 9.53 Å². The van der Waals surface area contributed by atoms with Crippen molar-refractivity contribution >= 4 is 28.8 Å². The second-order valence-electron chi connectivity index (χ2n) is 4.41. The summed E-state index contributed by atoms with van der Waals surface area (Å²) < 4.78 is 5.39. The molecule has 0 saturated carbocycles. The summed E-state index contributed by atoms with van der Waals surface area (Å²) in [7, 11) is 0. The van der Waals surface area contributed by atoms with Crippen molar-refractivity contribution in [2.45, 2.75) is 6.92 Å². The normalized spacial score (nSPS) is 9.95. The predicted octanol–water partition coefficient (Wildman–Crippen LogP) is 2.04. The minimum Gasteiger partial charge on any atom is -0.484 e. The zero-order valence-corrected chi connectivity index (χ0v) is 12.3. The quantitative estimate of drug-likeness (QED) is 0.826. The molecule has 5 nitrogen and oxygen atoms in total. The van der Waals surface area contributed by atoms with Crippen LogP contribution in [0.15, 0.2) is 42.6 Å². The van der Waals surface area contributed by atoms with E-state index in [4.69, 9.17) is 22.7 Å². The lowest BCUT2D eigenvalue weighted by Crippen LogP contribution is -2.20. The van der Waals surface area contributed by atoms with Gasteiger partial charge < -0.3 is 15.8 Å². The van der Waals surface area contributed by atoms with Crippen LogP contribution in [0.25, 0.3) is 0 Å². The van der Waals surface area contributed by atoms with Crippen molar-refractivity contribution in [2.75, 3.05) is 11.9 Å². The number of nitrogens with two attached hydrogens (primary N) is 1. The molecule has 3 N–H and O–H groups in total. The standard InChI is InChI=1S/C15H15N3O2S/c1-10-8-12(6-7-17-10)18-14(19)9-20-13-4-2-11(3-5-13)15(16)21/h2-8H,9H2,1H3,(H2,16,21)(H,17,18,19). The maximum absolute atomic E-state index is 11.8. The van der Waals surface area contributed by atoms with Crippen molar-refractivity contribution in [3.8, 4) is 5.75 Å². The van der Waals surface area contributed by atoms with Crippen LogP contribution in [0.5, 0.6) is 5.75 Å². The van der Waals surface area contributed by atoms with E-state index in [2.05, 4.69) is 10.3 Å². The highest BCUT2D eigenvalue weighted by atomic mass is 32.1. The third-order valence-electron chi connectivity index (χ3n) is 2.69. The molecule has 0 atom stereocenters. The van der Waals surface area contributed by atoms with Crippen LogP contribution in [0, 0.1) is 6.92 Å². The molecule has 0 radical (unpaired) electrons. The van der Waals surface area contributed by atoms with E-state index in [1.165, 1.54) is 0 Å². The molecule has 6 heteroatoms. The lowest BCUT2D eigenvalue weighted by molar-refractivity contribution is -0.118. The molecule has 0 bridgehead atoms. The fourth-order valence-electron chi connectivity index (χ4n) is 1.68. The van der Waals surface area contributed by atoms with Gasteiger partial charge in [0.1, 0.15) is 10.7 Å². The minimum atomic E-state index is -0.237. The second-order valence-corrected chi connectivity index (χ2v) is 4.85. The number of nitrogens with zero attached hydrogens (tertiary/aromatic N) is 1. The van der Waals surface area contributed by atoms with E-state index in [9.17, 15) is 4.79 Å². The molecule has 0 spiro atoms. The number of hydrogen-bond acceptors (Lipinski definition) is 4. The Labute approximate surface area is 128 Å². The average Bonchev–Trinajstić information content (AvgIpc) is 2.45. The van der Waals surface area contributed by atoms with Gasteiger partial charge in [0, 0.05) is 23.1 Å². The topological polar surface area (TPSA) is 77.2 Å². The van der Waals surface area contributed by atoms with Gasteiger partial charge in [0.2, 0.25) is 0 Å². The number of thiocarbonyl (C=S) groups is 1. The summed E-state index contributed by atoms with van der Waals surface area (Å²) in [4.78, 5) is 16.2. The number of rotatable bonds is 5. The number of anilines is 1. The molecule has 0 fully saturated rings. The third-order valence-corrected chi connectivity index (χ3v) is 2.92. The monoisotopic (exact) mass is 301 g/mol. The molecule has 0 saturated heterocycles. The number of amides is 1. The van der Waals surface area contributed by atoms with Crippen LogP contribution in [0.3, 0.4) is 0 Å². The molecule has 0 aliphatic rings. The molecular formula is C15H15N3O2S. The Kier molecular flexibility index (Phi) is 4.84. The first-order chi connectivity index (χ1) is 10.0. The van der Waals surface area contributed by atoms with Gasteiger partial charge in [0.25, 0.3) is 5.91 Å².